The van der Waals surface area contributed by atoms with Crippen molar-refractivity contribution < 1.29 is 24.1 Å². The first-order chi connectivity index (χ1) is 10.7. The van der Waals surface area contributed by atoms with Gasteiger partial charge >= 0.3 is 0 Å². The van der Waals surface area contributed by atoms with Crippen LogP contribution in [0.1, 0.15) is 0 Å². The molecule has 2 aromatic rings. The zero-order chi connectivity index (χ0) is 15.8. The van der Waals surface area contributed by atoms with Crippen LogP contribution in [0, 0.1) is 0 Å². The third kappa shape index (κ3) is 4.86. The Morgan fingerprint density at radius 1 is 0.773 bits per heavy atom. The molecule has 0 unspecified atom stereocenters. The topological polar surface area (TPSA) is 57.2 Å². The normalized spacial score (nSPS) is 10.4. The summed E-state index contributed by atoms with van der Waals surface area (Å²) < 4.78 is 21.2. The number of aliphatic hydroxyl groups is 1. The van der Waals surface area contributed by atoms with Gasteiger partial charge in [0.2, 0.25) is 0 Å². The highest BCUT2D eigenvalue weighted by atomic mass is 16.5. The predicted molar refractivity (Wildman–Crippen MR) is 83.0 cm³/mol. The average molecular weight is 304 g/mol. The van der Waals surface area contributed by atoms with Gasteiger partial charge in [0.05, 0.1) is 14.2 Å². The van der Waals surface area contributed by atoms with Crippen LogP contribution in [-0.4, -0.2) is 38.6 Å². The fourth-order valence-corrected chi connectivity index (χ4v) is 1.81. The van der Waals surface area contributed by atoms with Gasteiger partial charge in [-0.25, -0.2) is 0 Å². The van der Waals surface area contributed by atoms with Crippen LogP contribution in [0.25, 0.3) is 0 Å². The maximum absolute atomic E-state index is 9.91. The molecule has 118 valence electrons. The van der Waals surface area contributed by atoms with E-state index in [-0.39, 0.29) is 13.2 Å². The fourth-order valence-electron chi connectivity index (χ4n) is 1.81. The molecule has 0 spiro atoms. The summed E-state index contributed by atoms with van der Waals surface area (Å²) in [6.45, 7) is 0.272. The number of hydrogen-bond donors (Lipinski definition) is 1. The summed E-state index contributed by atoms with van der Waals surface area (Å²) >= 11 is 0. The van der Waals surface area contributed by atoms with E-state index in [0.29, 0.717) is 23.0 Å². The molecule has 0 heterocycles. The highest BCUT2D eigenvalue weighted by molar-refractivity contribution is 5.33. The minimum atomic E-state index is -0.739. The lowest BCUT2D eigenvalue weighted by Gasteiger charge is -2.14. The largest absolute Gasteiger partial charge is 0.497 e. The first kappa shape index (κ1) is 16.0. The molecule has 2 aromatic carbocycles. The molecule has 0 aliphatic carbocycles. The Labute approximate surface area is 130 Å². The second-order valence-corrected chi connectivity index (χ2v) is 4.63. The van der Waals surface area contributed by atoms with Crippen LogP contribution in [0.2, 0.25) is 0 Å². The smallest absolute Gasteiger partial charge is 0.123 e. The van der Waals surface area contributed by atoms with Crippen LogP contribution >= 0.6 is 0 Å². The number of benzene rings is 2. The molecule has 0 aliphatic heterocycles. The van der Waals surface area contributed by atoms with Crippen LogP contribution in [0.15, 0.2) is 48.5 Å². The number of hydrogen-bond acceptors (Lipinski definition) is 5. The highest BCUT2D eigenvalue weighted by Crippen LogP contribution is 2.20. The second kappa shape index (κ2) is 8.14. The van der Waals surface area contributed by atoms with E-state index in [1.165, 1.54) is 0 Å². The van der Waals surface area contributed by atoms with Gasteiger partial charge in [0, 0.05) is 12.1 Å². The number of aliphatic hydroxyl groups excluding tert-OH is 1. The lowest BCUT2D eigenvalue weighted by molar-refractivity contribution is 0.0625. The predicted octanol–water partition coefficient (Wildman–Crippen LogP) is 2.52. The molecule has 0 bridgehead atoms. The molecule has 2 rings (SSSR count). The van der Waals surface area contributed by atoms with Crippen molar-refractivity contribution in [2.75, 3.05) is 27.4 Å². The molecule has 0 aliphatic rings. The second-order valence-electron chi connectivity index (χ2n) is 4.63. The molecule has 22 heavy (non-hydrogen) atoms. The lowest BCUT2D eigenvalue weighted by Crippen LogP contribution is -2.25. The first-order valence-electron chi connectivity index (χ1n) is 6.93. The number of methoxy groups -OCH3 is 2. The molecular formula is C17H20O5. The zero-order valence-electron chi connectivity index (χ0n) is 12.7. The molecular weight excluding hydrogens is 284 g/mol. The van der Waals surface area contributed by atoms with Gasteiger partial charge in [0.15, 0.2) is 0 Å². The summed E-state index contributed by atoms with van der Waals surface area (Å²) in [4.78, 5) is 0. The van der Waals surface area contributed by atoms with Gasteiger partial charge in [0.1, 0.15) is 42.3 Å². The van der Waals surface area contributed by atoms with Gasteiger partial charge in [0.25, 0.3) is 0 Å². The van der Waals surface area contributed by atoms with Crippen LogP contribution in [0.3, 0.4) is 0 Å². The van der Waals surface area contributed by atoms with Crippen molar-refractivity contribution in [2.45, 2.75) is 6.10 Å². The summed E-state index contributed by atoms with van der Waals surface area (Å²) in [5, 5.41) is 9.91. The van der Waals surface area contributed by atoms with E-state index in [4.69, 9.17) is 18.9 Å². The summed E-state index contributed by atoms with van der Waals surface area (Å²) in [6, 6.07) is 14.4. The third-order valence-corrected chi connectivity index (χ3v) is 2.97. The van der Waals surface area contributed by atoms with Gasteiger partial charge in [-0.3, -0.25) is 0 Å². The zero-order valence-corrected chi connectivity index (χ0v) is 12.7. The maximum Gasteiger partial charge on any atom is 0.123 e. The fraction of sp³-hybridized carbons (Fsp3) is 0.294. The van der Waals surface area contributed by atoms with Crippen molar-refractivity contribution >= 4 is 0 Å². The molecule has 0 atom stereocenters. The Hall–Kier alpha value is -2.40. The lowest BCUT2D eigenvalue weighted by atomic mass is 10.3. The molecule has 0 saturated heterocycles. The van der Waals surface area contributed by atoms with Gasteiger partial charge < -0.3 is 24.1 Å². The maximum atomic E-state index is 9.91. The van der Waals surface area contributed by atoms with Gasteiger partial charge in [-0.15, -0.1) is 0 Å². The van der Waals surface area contributed by atoms with E-state index in [1.54, 1.807) is 38.5 Å². The van der Waals surface area contributed by atoms with E-state index >= 15 is 0 Å². The molecule has 1 N–H and O–H groups in total. The van der Waals surface area contributed by atoms with E-state index in [1.807, 2.05) is 24.3 Å². The third-order valence-electron chi connectivity index (χ3n) is 2.97. The monoisotopic (exact) mass is 304 g/mol. The van der Waals surface area contributed by atoms with Crippen molar-refractivity contribution in [1.29, 1.82) is 0 Å². The van der Waals surface area contributed by atoms with E-state index in [0.717, 1.165) is 0 Å². The van der Waals surface area contributed by atoms with Crippen molar-refractivity contribution in [1.82, 2.24) is 0 Å². The SMILES string of the molecule is COc1cccc(OCC(O)COc2cccc(OC)c2)c1. The van der Waals surface area contributed by atoms with Crippen molar-refractivity contribution in [3.63, 3.8) is 0 Å². The Bertz CT molecular complexity index is 533. The van der Waals surface area contributed by atoms with Crippen molar-refractivity contribution in [3.8, 4) is 23.0 Å². The highest BCUT2D eigenvalue weighted by Gasteiger charge is 2.07. The summed E-state index contributed by atoms with van der Waals surface area (Å²) in [5.74, 6) is 2.69. The minimum absolute atomic E-state index is 0.136. The van der Waals surface area contributed by atoms with E-state index in [9.17, 15) is 5.11 Å². The molecule has 0 radical (unpaired) electrons. The van der Waals surface area contributed by atoms with Crippen molar-refractivity contribution in [3.05, 3.63) is 48.5 Å². The van der Waals surface area contributed by atoms with Crippen molar-refractivity contribution in [2.24, 2.45) is 0 Å². The van der Waals surface area contributed by atoms with E-state index in [2.05, 4.69) is 0 Å². The molecule has 0 amide bonds. The van der Waals surface area contributed by atoms with Crippen LogP contribution in [0.5, 0.6) is 23.0 Å². The Morgan fingerprint density at radius 2 is 1.18 bits per heavy atom. The summed E-state index contributed by atoms with van der Waals surface area (Å²) in [6.07, 6.45) is -0.739. The molecule has 0 aromatic heterocycles. The molecule has 5 nitrogen and oxygen atoms in total. The number of ether oxygens (including phenoxy) is 4. The molecule has 0 fully saturated rings. The quantitative estimate of drug-likeness (QED) is 0.812. The standard InChI is InChI=1S/C17H20O5/c1-19-14-5-3-7-16(9-14)21-11-13(18)12-22-17-8-4-6-15(10-17)20-2/h3-10,13,18H,11-12H2,1-2H3. The van der Waals surface area contributed by atoms with Gasteiger partial charge in [-0.1, -0.05) is 12.1 Å². The first-order valence-corrected chi connectivity index (χ1v) is 6.93. The van der Waals surface area contributed by atoms with E-state index < -0.39 is 6.10 Å². The Balaban J connectivity index is 1.78. The molecule has 5 heteroatoms. The van der Waals surface area contributed by atoms with Crippen LogP contribution < -0.4 is 18.9 Å². The minimum Gasteiger partial charge on any atom is -0.497 e. The average Bonchev–Trinajstić information content (AvgIpc) is 2.58. The van der Waals surface area contributed by atoms with Gasteiger partial charge in [-0.05, 0) is 24.3 Å². The summed E-state index contributed by atoms with van der Waals surface area (Å²) in [5.41, 5.74) is 0. The van der Waals surface area contributed by atoms with Crippen LogP contribution in [-0.2, 0) is 0 Å². The number of rotatable bonds is 8. The Morgan fingerprint density at radius 3 is 1.59 bits per heavy atom. The van der Waals surface area contributed by atoms with Crippen LogP contribution in [0.4, 0.5) is 0 Å². The molecule has 0 saturated carbocycles. The summed E-state index contributed by atoms with van der Waals surface area (Å²) in [7, 11) is 3.19. The Kier molecular flexibility index (Phi) is 5.91. The van der Waals surface area contributed by atoms with Gasteiger partial charge in [-0.2, -0.15) is 0 Å².